The molecule has 0 aliphatic rings. The molecule has 0 bridgehead atoms. The van der Waals surface area contributed by atoms with Gasteiger partial charge in [-0.15, -0.1) is 0 Å². The average molecular weight is 213 g/mol. The van der Waals surface area contributed by atoms with Crippen LogP contribution in [-0.4, -0.2) is 18.6 Å². The van der Waals surface area contributed by atoms with E-state index in [1.54, 1.807) is 0 Å². The fourth-order valence-corrected chi connectivity index (χ4v) is 1.89. The fourth-order valence-electron chi connectivity index (χ4n) is 1.57. The van der Waals surface area contributed by atoms with Gasteiger partial charge in [-0.25, -0.2) is 0 Å². The van der Waals surface area contributed by atoms with Gasteiger partial charge in [0.05, 0.1) is 0 Å². The molecule has 3 heteroatoms. The Morgan fingerprint density at radius 2 is 2.21 bits per heavy atom. The summed E-state index contributed by atoms with van der Waals surface area (Å²) in [5.74, 6) is 3.18. The predicted octanol–water partition coefficient (Wildman–Crippen LogP) is 2.91. The number of hydrogen-bond acceptors (Lipinski definition) is 3. The lowest BCUT2D eigenvalue weighted by Crippen LogP contribution is -2.21. The second kappa shape index (κ2) is 5.47. The second-order valence-corrected chi connectivity index (χ2v) is 4.52. The third-order valence-corrected chi connectivity index (χ3v) is 2.91. The predicted molar refractivity (Wildman–Crippen MR) is 63.0 cm³/mol. The van der Waals surface area contributed by atoms with Crippen LogP contribution in [0.5, 0.6) is 0 Å². The molecule has 0 saturated heterocycles. The van der Waals surface area contributed by atoms with Crippen molar-refractivity contribution < 1.29 is 4.42 Å². The number of aryl methyl sites for hydroxylation is 2. The molecule has 0 spiro atoms. The summed E-state index contributed by atoms with van der Waals surface area (Å²) in [5.41, 5.74) is 1.28. The average Bonchev–Trinajstić information content (AvgIpc) is 2.45. The van der Waals surface area contributed by atoms with Crippen LogP contribution in [0.15, 0.2) is 10.5 Å². The van der Waals surface area contributed by atoms with Crippen LogP contribution in [0.25, 0.3) is 0 Å². The quantitative estimate of drug-likeness (QED) is 0.761. The van der Waals surface area contributed by atoms with E-state index in [2.05, 4.69) is 24.6 Å². The minimum atomic E-state index is 0.389. The van der Waals surface area contributed by atoms with Crippen molar-refractivity contribution in [1.29, 1.82) is 0 Å². The molecule has 0 aromatic carbocycles. The second-order valence-electron chi connectivity index (χ2n) is 3.54. The summed E-state index contributed by atoms with van der Waals surface area (Å²) in [5, 5.41) is 3.47. The van der Waals surface area contributed by atoms with Crippen molar-refractivity contribution in [3.8, 4) is 0 Å². The Kier molecular flexibility index (Phi) is 4.55. The molecule has 1 unspecified atom stereocenters. The molecule has 0 saturated carbocycles. The summed E-state index contributed by atoms with van der Waals surface area (Å²) in [6.07, 6.45) is 2.12. The third kappa shape index (κ3) is 3.07. The van der Waals surface area contributed by atoms with E-state index < -0.39 is 0 Å². The number of nitrogens with one attached hydrogen (secondary N) is 1. The SMILES string of the molecule is CSCCNC(C)c1cc(C)oc1C. The van der Waals surface area contributed by atoms with Crippen molar-refractivity contribution in [3.63, 3.8) is 0 Å². The van der Waals surface area contributed by atoms with Gasteiger partial charge in [0.2, 0.25) is 0 Å². The summed E-state index contributed by atoms with van der Waals surface area (Å²) in [6, 6.07) is 2.51. The molecule has 2 nitrogen and oxygen atoms in total. The summed E-state index contributed by atoms with van der Waals surface area (Å²) in [7, 11) is 0. The number of thioether (sulfide) groups is 1. The lowest BCUT2D eigenvalue weighted by atomic mass is 10.1. The lowest BCUT2D eigenvalue weighted by molar-refractivity contribution is 0.492. The van der Waals surface area contributed by atoms with E-state index in [0.717, 1.165) is 23.8 Å². The standard InChI is InChI=1S/C11H19NOS/c1-8-7-11(10(3)13-8)9(2)12-5-6-14-4/h7,9,12H,5-6H2,1-4H3. The maximum Gasteiger partial charge on any atom is 0.105 e. The molecule has 1 heterocycles. The van der Waals surface area contributed by atoms with Gasteiger partial charge in [-0.1, -0.05) is 0 Å². The van der Waals surface area contributed by atoms with Crippen LogP contribution in [0.2, 0.25) is 0 Å². The highest BCUT2D eigenvalue weighted by molar-refractivity contribution is 7.98. The summed E-state index contributed by atoms with van der Waals surface area (Å²) >= 11 is 1.86. The molecule has 14 heavy (non-hydrogen) atoms. The van der Waals surface area contributed by atoms with Gasteiger partial charge in [-0.3, -0.25) is 0 Å². The van der Waals surface area contributed by atoms with E-state index in [0.29, 0.717) is 6.04 Å². The zero-order valence-electron chi connectivity index (χ0n) is 9.39. The van der Waals surface area contributed by atoms with Crippen LogP contribution in [0.4, 0.5) is 0 Å². The Hall–Kier alpha value is -0.410. The zero-order chi connectivity index (χ0) is 10.6. The summed E-state index contributed by atoms with van der Waals surface area (Å²) in [4.78, 5) is 0. The smallest absolute Gasteiger partial charge is 0.105 e. The van der Waals surface area contributed by atoms with Gasteiger partial charge in [0.1, 0.15) is 11.5 Å². The lowest BCUT2D eigenvalue weighted by Gasteiger charge is -2.12. The Bertz CT molecular complexity index is 283. The van der Waals surface area contributed by atoms with Crippen LogP contribution >= 0.6 is 11.8 Å². The normalized spacial score (nSPS) is 13.1. The Balaban J connectivity index is 2.51. The van der Waals surface area contributed by atoms with Crippen LogP contribution in [-0.2, 0) is 0 Å². The van der Waals surface area contributed by atoms with Gasteiger partial charge in [-0.2, -0.15) is 11.8 Å². The molecular formula is C11H19NOS. The van der Waals surface area contributed by atoms with E-state index in [1.807, 2.05) is 25.6 Å². The maximum atomic E-state index is 5.50. The zero-order valence-corrected chi connectivity index (χ0v) is 10.2. The molecule has 1 N–H and O–H groups in total. The van der Waals surface area contributed by atoms with Gasteiger partial charge in [0, 0.05) is 23.9 Å². The molecule has 1 atom stereocenters. The van der Waals surface area contributed by atoms with Crippen molar-refractivity contribution in [2.75, 3.05) is 18.6 Å². The maximum absolute atomic E-state index is 5.50. The van der Waals surface area contributed by atoms with Crippen LogP contribution < -0.4 is 5.32 Å². The van der Waals surface area contributed by atoms with Gasteiger partial charge in [0.15, 0.2) is 0 Å². The molecule has 0 amide bonds. The first kappa shape index (κ1) is 11.7. The van der Waals surface area contributed by atoms with E-state index >= 15 is 0 Å². The molecule has 0 aliphatic carbocycles. The molecule has 80 valence electrons. The highest BCUT2D eigenvalue weighted by Gasteiger charge is 2.11. The van der Waals surface area contributed by atoms with E-state index in [4.69, 9.17) is 4.42 Å². The first-order valence-electron chi connectivity index (χ1n) is 4.94. The van der Waals surface area contributed by atoms with E-state index in [-0.39, 0.29) is 0 Å². The van der Waals surface area contributed by atoms with E-state index in [1.165, 1.54) is 5.56 Å². The van der Waals surface area contributed by atoms with Gasteiger partial charge < -0.3 is 9.73 Å². The molecule has 0 aliphatic heterocycles. The Morgan fingerprint density at radius 3 is 2.71 bits per heavy atom. The molecular weight excluding hydrogens is 194 g/mol. The highest BCUT2D eigenvalue weighted by Crippen LogP contribution is 2.20. The third-order valence-electron chi connectivity index (χ3n) is 2.30. The van der Waals surface area contributed by atoms with Gasteiger partial charge in [-0.05, 0) is 33.1 Å². The monoisotopic (exact) mass is 213 g/mol. The molecule has 1 aromatic rings. The first-order valence-corrected chi connectivity index (χ1v) is 6.33. The van der Waals surface area contributed by atoms with Gasteiger partial charge in [0.25, 0.3) is 0 Å². The molecule has 1 aromatic heterocycles. The first-order chi connectivity index (χ1) is 6.65. The fraction of sp³-hybridized carbons (Fsp3) is 0.636. The van der Waals surface area contributed by atoms with Crippen molar-refractivity contribution in [2.45, 2.75) is 26.8 Å². The van der Waals surface area contributed by atoms with Crippen LogP contribution in [0, 0.1) is 13.8 Å². The number of furan rings is 1. The van der Waals surface area contributed by atoms with Crippen molar-refractivity contribution in [3.05, 3.63) is 23.2 Å². The molecule has 1 rings (SSSR count). The Morgan fingerprint density at radius 1 is 1.50 bits per heavy atom. The summed E-state index contributed by atoms with van der Waals surface area (Å²) in [6.45, 7) is 7.24. The highest BCUT2D eigenvalue weighted by atomic mass is 32.2. The van der Waals surface area contributed by atoms with Crippen molar-refractivity contribution >= 4 is 11.8 Å². The van der Waals surface area contributed by atoms with Crippen LogP contribution in [0.3, 0.4) is 0 Å². The molecule has 0 fully saturated rings. The topological polar surface area (TPSA) is 25.2 Å². The minimum absolute atomic E-state index is 0.389. The van der Waals surface area contributed by atoms with Crippen molar-refractivity contribution in [1.82, 2.24) is 5.32 Å². The summed E-state index contributed by atoms with van der Waals surface area (Å²) < 4.78 is 5.50. The van der Waals surface area contributed by atoms with E-state index in [9.17, 15) is 0 Å². The minimum Gasteiger partial charge on any atom is -0.466 e. The number of hydrogen-bond donors (Lipinski definition) is 1. The largest absolute Gasteiger partial charge is 0.466 e. The van der Waals surface area contributed by atoms with Crippen LogP contribution in [0.1, 0.15) is 30.0 Å². The molecule has 0 radical (unpaired) electrons. The number of rotatable bonds is 5. The Labute approximate surface area is 90.5 Å². The van der Waals surface area contributed by atoms with Crippen molar-refractivity contribution in [2.24, 2.45) is 0 Å². The van der Waals surface area contributed by atoms with Gasteiger partial charge >= 0.3 is 0 Å².